The van der Waals surface area contributed by atoms with Crippen LogP contribution < -0.4 is 0 Å². The lowest BCUT2D eigenvalue weighted by Crippen LogP contribution is -2.38. The lowest BCUT2D eigenvalue weighted by Gasteiger charge is -2.37. The van der Waals surface area contributed by atoms with Gasteiger partial charge in [-0.2, -0.15) is 0 Å². The van der Waals surface area contributed by atoms with E-state index in [1.54, 1.807) is 18.2 Å². The van der Waals surface area contributed by atoms with Crippen LogP contribution in [0.4, 0.5) is 4.39 Å². The monoisotopic (exact) mass is 425 g/mol. The van der Waals surface area contributed by atoms with Crippen molar-refractivity contribution in [1.29, 1.82) is 0 Å². The van der Waals surface area contributed by atoms with Gasteiger partial charge in [0.15, 0.2) is 5.78 Å². The van der Waals surface area contributed by atoms with Crippen LogP contribution in [0.5, 0.6) is 0 Å². The molecule has 0 aromatic heterocycles. The van der Waals surface area contributed by atoms with Crippen molar-refractivity contribution in [3.05, 3.63) is 46.9 Å². The Bertz CT molecular complexity index is 766. The van der Waals surface area contributed by atoms with Gasteiger partial charge in [-0.3, -0.25) is 9.59 Å². The topological polar surface area (TPSA) is 77.8 Å². The summed E-state index contributed by atoms with van der Waals surface area (Å²) < 4.78 is 14.2. The second-order valence-electron chi connectivity index (χ2n) is 7.01. The Labute approximate surface area is 171 Å². The van der Waals surface area contributed by atoms with E-state index in [-0.39, 0.29) is 42.3 Å². The third kappa shape index (κ3) is 5.30. The van der Waals surface area contributed by atoms with Gasteiger partial charge >= 0.3 is 5.97 Å². The van der Waals surface area contributed by atoms with Crippen molar-refractivity contribution in [1.82, 2.24) is 4.90 Å². The number of carboxylic acids is 1. The number of nitrogens with zero attached hydrogens (tertiary/aromatic N) is 1. The van der Waals surface area contributed by atoms with Crippen molar-refractivity contribution >= 4 is 33.3 Å². The van der Waals surface area contributed by atoms with Gasteiger partial charge in [-0.15, -0.1) is 0 Å². The molecule has 1 saturated carbocycles. The highest BCUT2D eigenvalue weighted by atomic mass is 33.1. The van der Waals surface area contributed by atoms with Crippen molar-refractivity contribution in [2.24, 2.45) is 5.92 Å². The number of Topliss-reactive ketones (excluding diaryl/α,β-unsaturated/α-hetero) is 1. The highest BCUT2D eigenvalue weighted by molar-refractivity contribution is 8.77. The van der Waals surface area contributed by atoms with Gasteiger partial charge in [-0.05, 0) is 30.9 Å². The molecule has 0 amide bonds. The summed E-state index contributed by atoms with van der Waals surface area (Å²) >= 11 is 0. The molecule has 1 aliphatic heterocycles. The first-order valence-corrected chi connectivity index (χ1v) is 11.8. The molecule has 1 atom stereocenters. The number of aliphatic carboxylic acids is 1. The molecule has 2 N–H and O–H groups in total. The van der Waals surface area contributed by atoms with Crippen LogP contribution in [-0.2, 0) is 16.1 Å². The molecule has 28 heavy (non-hydrogen) atoms. The van der Waals surface area contributed by atoms with Crippen LogP contribution in [0.1, 0.15) is 31.2 Å². The Morgan fingerprint density at radius 3 is 2.61 bits per heavy atom. The van der Waals surface area contributed by atoms with Gasteiger partial charge in [0.2, 0.25) is 0 Å². The summed E-state index contributed by atoms with van der Waals surface area (Å²) in [5, 5.41) is 18.4. The number of aliphatic hydroxyl groups excluding tert-OH is 1. The minimum absolute atomic E-state index is 0.00922. The molecule has 1 unspecified atom stereocenters. The van der Waals surface area contributed by atoms with E-state index in [9.17, 15) is 19.1 Å². The van der Waals surface area contributed by atoms with Gasteiger partial charge in [-0.1, -0.05) is 39.8 Å². The lowest BCUT2D eigenvalue weighted by atomic mass is 9.94. The van der Waals surface area contributed by atoms with E-state index in [2.05, 4.69) is 0 Å². The molecule has 0 spiro atoms. The minimum atomic E-state index is -0.971. The zero-order valence-electron chi connectivity index (χ0n) is 15.5. The number of aliphatic hydroxyl groups is 1. The highest BCUT2D eigenvalue weighted by Gasteiger charge is 2.39. The molecule has 1 aromatic carbocycles. The quantitative estimate of drug-likeness (QED) is 0.439. The van der Waals surface area contributed by atoms with E-state index >= 15 is 0 Å². The fraction of sp³-hybridized carbons (Fsp3) is 0.500. The van der Waals surface area contributed by atoms with E-state index in [0.717, 1.165) is 12.8 Å². The van der Waals surface area contributed by atoms with Crippen LogP contribution in [0.2, 0.25) is 0 Å². The number of carbonyl (C=O) groups is 2. The van der Waals surface area contributed by atoms with E-state index in [1.165, 1.54) is 27.7 Å². The molecule has 0 radical (unpaired) electrons. The summed E-state index contributed by atoms with van der Waals surface area (Å²) in [6.07, 6.45) is 2.14. The summed E-state index contributed by atoms with van der Waals surface area (Å²) in [5.74, 6) is -0.801. The van der Waals surface area contributed by atoms with E-state index in [1.807, 2.05) is 4.90 Å². The number of hydrogen-bond acceptors (Lipinski definition) is 6. The number of allylic oxidation sites excluding steroid dienone is 1. The van der Waals surface area contributed by atoms with Gasteiger partial charge in [-0.25, -0.2) is 4.39 Å². The molecule has 152 valence electrons. The van der Waals surface area contributed by atoms with Crippen molar-refractivity contribution in [3.8, 4) is 0 Å². The lowest BCUT2D eigenvalue weighted by molar-refractivity contribution is -0.136. The van der Waals surface area contributed by atoms with E-state index in [4.69, 9.17) is 5.11 Å². The average molecular weight is 426 g/mol. The number of hydrogen-bond donors (Lipinski definition) is 2. The van der Waals surface area contributed by atoms with Crippen molar-refractivity contribution < 1.29 is 24.2 Å². The molecule has 2 aliphatic rings. The van der Waals surface area contributed by atoms with Crippen LogP contribution >= 0.6 is 21.6 Å². The summed E-state index contributed by atoms with van der Waals surface area (Å²) in [6.45, 7) is 0.878. The average Bonchev–Trinajstić information content (AvgIpc) is 3.50. The Kier molecular flexibility index (Phi) is 7.42. The zero-order valence-corrected chi connectivity index (χ0v) is 17.1. The fourth-order valence-electron chi connectivity index (χ4n) is 3.39. The summed E-state index contributed by atoms with van der Waals surface area (Å²) in [4.78, 5) is 26.5. The van der Waals surface area contributed by atoms with Gasteiger partial charge in [0.25, 0.3) is 0 Å². The number of halogens is 1. The molecular formula is C20H24FNO4S2. The first-order valence-electron chi connectivity index (χ1n) is 9.37. The molecular weight excluding hydrogens is 401 g/mol. The maximum Gasteiger partial charge on any atom is 0.307 e. The predicted molar refractivity (Wildman–Crippen MR) is 109 cm³/mol. The van der Waals surface area contributed by atoms with Crippen LogP contribution in [0.3, 0.4) is 0 Å². The maximum absolute atomic E-state index is 14.2. The Balaban J connectivity index is 1.94. The fourth-order valence-corrected chi connectivity index (χ4v) is 5.88. The largest absolute Gasteiger partial charge is 0.481 e. The number of ketones is 1. The highest BCUT2D eigenvalue weighted by Crippen LogP contribution is 2.43. The third-order valence-corrected chi connectivity index (χ3v) is 7.71. The Hall–Kier alpha value is -1.51. The summed E-state index contributed by atoms with van der Waals surface area (Å²) in [6, 6.07) is 6.48. The van der Waals surface area contributed by atoms with Gasteiger partial charge < -0.3 is 15.1 Å². The maximum atomic E-state index is 14.2. The molecule has 0 saturated heterocycles. The van der Waals surface area contributed by atoms with Crippen molar-refractivity contribution in [2.75, 3.05) is 18.9 Å². The Morgan fingerprint density at radius 1 is 1.21 bits per heavy atom. The van der Waals surface area contributed by atoms with Gasteiger partial charge in [0.1, 0.15) is 5.82 Å². The summed E-state index contributed by atoms with van der Waals surface area (Å²) in [7, 11) is 3.01. The first kappa shape index (κ1) is 21.2. The van der Waals surface area contributed by atoms with Gasteiger partial charge in [0.05, 0.1) is 18.7 Å². The molecule has 1 aliphatic carbocycles. The normalized spacial score (nSPS) is 19.8. The molecule has 5 nitrogen and oxygen atoms in total. The van der Waals surface area contributed by atoms with Crippen molar-refractivity contribution in [3.63, 3.8) is 0 Å². The van der Waals surface area contributed by atoms with Crippen molar-refractivity contribution in [2.45, 2.75) is 37.5 Å². The number of rotatable bonds is 10. The standard InChI is InChI=1S/C20H24FNO4S2/c21-16-4-2-1-3-14(16)12-22-8-7-17(28-27-10-9-23)15(11-18(24)25)19(22)20(26)13-5-6-13/h1-4,13,17,23H,5-12H2,(H,24,25). The van der Waals surface area contributed by atoms with E-state index < -0.39 is 5.97 Å². The molecule has 8 heteroatoms. The number of carboxylic acid groups (broad SMARTS) is 1. The minimum Gasteiger partial charge on any atom is -0.481 e. The SMILES string of the molecule is O=C(O)CC1=C(C(=O)C2CC2)N(Cc2ccccc2F)CCC1SSCCO. The third-order valence-electron chi connectivity index (χ3n) is 4.87. The molecule has 1 aromatic rings. The molecule has 1 heterocycles. The first-order chi connectivity index (χ1) is 13.5. The van der Waals surface area contributed by atoms with Crippen LogP contribution in [0, 0.1) is 11.7 Å². The Morgan fingerprint density at radius 2 is 1.96 bits per heavy atom. The van der Waals surface area contributed by atoms with Crippen LogP contribution in [0.25, 0.3) is 0 Å². The van der Waals surface area contributed by atoms with E-state index in [0.29, 0.717) is 35.6 Å². The molecule has 1 fully saturated rings. The number of benzene rings is 1. The van der Waals surface area contributed by atoms with Crippen LogP contribution in [0.15, 0.2) is 35.5 Å². The van der Waals surface area contributed by atoms with Gasteiger partial charge in [0, 0.05) is 35.6 Å². The second kappa shape index (κ2) is 9.80. The molecule has 3 rings (SSSR count). The number of carbonyl (C=O) groups excluding carboxylic acids is 1. The predicted octanol–water partition coefficient (Wildman–Crippen LogP) is 3.48. The molecule has 0 bridgehead atoms. The van der Waals surface area contributed by atoms with Crippen LogP contribution in [-0.4, -0.2) is 51.0 Å². The smallest absolute Gasteiger partial charge is 0.307 e. The second-order valence-corrected chi connectivity index (χ2v) is 9.70. The summed E-state index contributed by atoms with van der Waals surface area (Å²) in [5.41, 5.74) is 1.60. The zero-order chi connectivity index (χ0) is 20.1.